The van der Waals surface area contributed by atoms with Crippen molar-refractivity contribution >= 4 is 22.6 Å². The lowest BCUT2D eigenvalue weighted by molar-refractivity contribution is 0.162. The number of methoxy groups -OCH3 is 2. The summed E-state index contributed by atoms with van der Waals surface area (Å²) in [6, 6.07) is 4.13. The number of hydrogen-bond acceptors (Lipinski definition) is 5. The Morgan fingerprint density at radius 2 is 2.07 bits per heavy atom. The minimum atomic E-state index is -0.562. The maximum Gasteiger partial charge on any atom is 0.272 e. The van der Waals surface area contributed by atoms with Crippen LogP contribution in [0.3, 0.4) is 0 Å². The number of rotatable bonds is 5. The van der Waals surface area contributed by atoms with Gasteiger partial charge in [0.1, 0.15) is 11.2 Å². The number of fused-ring (bicyclic) bond motifs is 1. The zero-order chi connectivity index (χ0) is 19.7. The Bertz CT molecular complexity index is 1070. The highest BCUT2D eigenvalue weighted by Crippen LogP contribution is 2.35. The Labute approximate surface area is 160 Å². The summed E-state index contributed by atoms with van der Waals surface area (Å²) in [6.07, 6.45) is 1.54. The molecule has 2 heterocycles. The number of halogens is 2. The van der Waals surface area contributed by atoms with Gasteiger partial charge in [0.2, 0.25) is 0 Å². The van der Waals surface area contributed by atoms with E-state index in [0.717, 1.165) is 0 Å². The van der Waals surface area contributed by atoms with Crippen LogP contribution >= 0.6 is 11.6 Å². The van der Waals surface area contributed by atoms with E-state index in [9.17, 15) is 9.18 Å². The first kappa shape index (κ1) is 19.3. The molecule has 8 heteroatoms. The summed E-state index contributed by atoms with van der Waals surface area (Å²) in [7, 11) is 2.94. The number of ether oxygens (including phenoxy) is 2. The van der Waals surface area contributed by atoms with E-state index in [1.165, 1.54) is 19.2 Å². The van der Waals surface area contributed by atoms with Crippen LogP contribution in [0, 0.1) is 12.7 Å². The summed E-state index contributed by atoms with van der Waals surface area (Å²) < 4.78 is 26.0. The summed E-state index contributed by atoms with van der Waals surface area (Å²) in [5, 5.41) is 0.274. The molecular weight excluding hydrogens is 373 g/mol. The number of aromatic nitrogens is 3. The molecule has 0 bridgehead atoms. The lowest BCUT2D eigenvalue weighted by Gasteiger charge is -2.19. The fraction of sp³-hybridized carbons (Fsp3) is 0.316. The molecular formula is C19H19ClFN3O3. The van der Waals surface area contributed by atoms with Gasteiger partial charge < -0.3 is 9.47 Å². The smallest absolute Gasteiger partial charge is 0.272 e. The zero-order valence-electron chi connectivity index (χ0n) is 15.4. The van der Waals surface area contributed by atoms with Gasteiger partial charge in [-0.2, -0.15) is 0 Å². The van der Waals surface area contributed by atoms with Crippen molar-refractivity contribution in [3.8, 4) is 17.0 Å². The van der Waals surface area contributed by atoms with Gasteiger partial charge in [-0.15, -0.1) is 0 Å². The number of pyridine rings is 1. The van der Waals surface area contributed by atoms with Crippen molar-refractivity contribution in [1.29, 1.82) is 0 Å². The van der Waals surface area contributed by atoms with Gasteiger partial charge in [0.25, 0.3) is 5.56 Å². The second-order valence-corrected chi connectivity index (χ2v) is 6.58. The van der Waals surface area contributed by atoms with Gasteiger partial charge >= 0.3 is 0 Å². The van der Waals surface area contributed by atoms with Crippen molar-refractivity contribution in [3.63, 3.8) is 0 Å². The number of nitrogens with zero attached hydrogens (tertiary/aromatic N) is 3. The van der Waals surface area contributed by atoms with Crippen molar-refractivity contribution in [2.75, 3.05) is 20.8 Å². The Morgan fingerprint density at radius 1 is 1.33 bits per heavy atom. The minimum Gasteiger partial charge on any atom is -0.494 e. The van der Waals surface area contributed by atoms with Crippen molar-refractivity contribution in [1.82, 2.24) is 14.5 Å². The van der Waals surface area contributed by atoms with Crippen molar-refractivity contribution in [2.45, 2.75) is 19.9 Å². The van der Waals surface area contributed by atoms with E-state index in [4.69, 9.17) is 21.1 Å². The lowest BCUT2D eigenvalue weighted by atomic mass is 10.1. The molecule has 0 amide bonds. The molecule has 0 fully saturated rings. The summed E-state index contributed by atoms with van der Waals surface area (Å²) in [5.74, 6) is -0.521. The molecule has 0 aliphatic carbocycles. The topological polar surface area (TPSA) is 66.2 Å². The van der Waals surface area contributed by atoms with Crippen LogP contribution in [0.4, 0.5) is 4.39 Å². The molecule has 6 nitrogen and oxygen atoms in total. The highest BCUT2D eigenvalue weighted by molar-refractivity contribution is 6.33. The Kier molecular flexibility index (Phi) is 5.43. The standard InChI is InChI=1S/C19H19ClFN3O3/c1-10(9-26-3)24-15-5-6-22-17(18(15)23-11(2)19(24)25)12-7-14(21)16(27-4)8-13(12)20/h5-8,10H,9H2,1-4H3. The molecule has 1 atom stereocenters. The molecule has 1 unspecified atom stereocenters. The highest BCUT2D eigenvalue weighted by atomic mass is 35.5. The van der Waals surface area contributed by atoms with Gasteiger partial charge in [-0.1, -0.05) is 11.6 Å². The molecule has 0 saturated carbocycles. The summed E-state index contributed by atoms with van der Waals surface area (Å²) in [6.45, 7) is 3.86. The maximum absolute atomic E-state index is 14.3. The third-order valence-electron chi connectivity index (χ3n) is 4.32. The first-order valence-corrected chi connectivity index (χ1v) is 8.67. The van der Waals surface area contributed by atoms with E-state index < -0.39 is 5.82 Å². The molecule has 0 aliphatic rings. The Hall–Kier alpha value is -2.51. The van der Waals surface area contributed by atoms with E-state index in [1.54, 1.807) is 30.9 Å². The Balaban J connectivity index is 2.34. The van der Waals surface area contributed by atoms with Crippen LogP contribution in [-0.2, 0) is 4.74 Å². The number of hydrogen-bond donors (Lipinski definition) is 0. The van der Waals surface area contributed by atoms with E-state index in [-0.39, 0.29) is 22.4 Å². The molecule has 0 N–H and O–H groups in total. The fourth-order valence-electron chi connectivity index (χ4n) is 3.06. The van der Waals surface area contributed by atoms with Crippen molar-refractivity contribution in [2.24, 2.45) is 0 Å². The second kappa shape index (κ2) is 7.62. The van der Waals surface area contributed by atoms with Gasteiger partial charge in [-0.25, -0.2) is 9.37 Å². The molecule has 0 radical (unpaired) electrons. The van der Waals surface area contributed by atoms with Gasteiger partial charge in [0.05, 0.1) is 36.0 Å². The second-order valence-electron chi connectivity index (χ2n) is 6.17. The first-order valence-electron chi connectivity index (χ1n) is 8.29. The molecule has 0 saturated heterocycles. The predicted octanol–water partition coefficient (Wildman–Crippen LogP) is 3.78. The van der Waals surface area contributed by atoms with Gasteiger partial charge in [-0.3, -0.25) is 14.3 Å². The average molecular weight is 392 g/mol. The van der Waals surface area contributed by atoms with E-state index in [1.807, 2.05) is 6.92 Å². The third-order valence-corrected chi connectivity index (χ3v) is 4.63. The average Bonchev–Trinajstić information content (AvgIpc) is 2.64. The molecule has 3 rings (SSSR count). The molecule has 2 aromatic heterocycles. The van der Waals surface area contributed by atoms with Crippen LogP contribution in [0.1, 0.15) is 18.7 Å². The molecule has 0 spiro atoms. The third kappa shape index (κ3) is 3.40. The van der Waals surface area contributed by atoms with Crippen molar-refractivity contribution in [3.05, 3.63) is 51.3 Å². The number of benzene rings is 1. The van der Waals surface area contributed by atoms with Crippen molar-refractivity contribution < 1.29 is 13.9 Å². The van der Waals surface area contributed by atoms with Crippen LogP contribution in [0.15, 0.2) is 29.2 Å². The predicted molar refractivity (Wildman–Crippen MR) is 102 cm³/mol. The van der Waals surface area contributed by atoms with Crippen LogP contribution in [0.5, 0.6) is 5.75 Å². The van der Waals surface area contributed by atoms with E-state index in [0.29, 0.717) is 34.6 Å². The van der Waals surface area contributed by atoms with Crippen LogP contribution in [0.25, 0.3) is 22.3 Å². The largest absolute Gasteiger partial charge is 0.494 e. The van der Waals surface area contributed by atoms with Crippen LogP contribution in [0.2, 0.25) is 5.02 Å². The van der Waals surface area contributed by atoms with Crippen LogP contribution in [-0.4, -0.2) is 35.4 Å². The molecule has 142 valence electrons. The molecule has 1 aromatic carbocycles. The fourth-order valence-corrected chi connectivity index (χ4v) is 3.31. The summed E-state index contributed by atoms with van der Waals surface area (Å²) in [4.78, 5) is 21.4. The number of aryl methyl sites for hydroxylation is 1. The van der Waals surface area contributed by atoms with E-state index in [2.05, 4.69) is 9.97 Å². The Morgan fingerprint density at radius 3 is 2.74 bits per heavy atom. The minimum absolute atomic E-state index is 0.0405. The first-order chi connectivity index (χ1) is 12.9. The van der Waals surface area contributed by atoms with Gasteiger partial charge in [0, 0.05) is 24.9 Å². The molecule has 27 heavy (non-hydrogen) atoms. The van der Waals surface area contributed by atoms with E-state index >= 15 is 0 Å². The highest BCUT2D eigenvalue weighted by Gasteiger charge is 2.19. The quantitative estimate of drug-likeness (QED) is 0.662. The lowest BCUT2D eigenvalue weighted by Crippen LogP contribution is -2.29. The van der Waals surface area contributed by atoms with Gasteiger partial charge in [-0.05, 0) is 26.0 Å². The molecule has 3 aromatic rings. The zero-order valence-corrected chi connectivity index (χ0v) is 16.2. The monoisotopic (exact) mass is 391 g/mol. The summed E-state index contributed by atoms with van der Waals surface area (Å²) >= 11 is 6.34. The normalized spacial score (nSPS) is 12.4. The maximum atomic E-state index is 14.3. The SMILES string of the molecule is COCC(C)n1c(=O)c(C)nc2c(-c3cc(F)c(OC)cc3Cl)nccc21. The summed E-state index contributed by atoms with van der Waals surface area (Å²) in [5.41, 5.74) is 1.90. The molecule has 0 aliphatic heterocycles. The van der Waals surface area contributed by atoms with Crippen LogP contribution < -0.4 is 10.3 Å². The van der Waals surface area contributed by atoms with Gasteiger partial charge in [0.15, 0.2) is 11.6 Å².